The van der Waals surface area contributed by atoms with Crippen LogP contribution in [-0.4, -0.2) is 24.5 Å². The zero-order chi connectivity index (χ0) is 14.4. The molecule has 6 heteroatoms. The number of aromatic nitrogens is 1. The molecule has 0 aliphatic rings. The van der Waals surface area contributed by atoms with E-state index in [1.807, 2.05) is 29.6 Å². The van der Waals surface area contributed by atoms with Gasteiger partial charge in [-0.2, -0.15) is 0 Å². The van der Waals surface area contributed by atoms with Gasteiger partial charge in [0.25, 0.3) is 0 Å². The molecule has 0 saturated heterocycles. The lowest BCUT2D eigenvalue weighted by atomic mass is 10.1. The van der Waals surface area contributed by atoms with Gasteiger partial charge in [0.1, 0.15) is 5.75 Å². The summed E-state index contributed by atoms with van der Waals surface area (Å²) in [6.07, 6.45) is 1.04. The molecule has 2 aromatic rings. The molecule has 0 unspecified atom stereocenters. The number of hydrogen-bond acceptors (Lipinski definition) is 5. The summed E-state index contributed by atoms with van der Waals surface area (Å²) in [4.78, 5) is 16.0. The largest absolute Gasteiger partial charge is 0.497 e. The maximum Gasteiger partial charge on any atom is 0.224 e. The summed E-state index contributed by atoms with van der Waals surface area (Å²) in [5, 5.41) is 5.33. The molecule has 1 aromatic heterocycles. The monoisotopic (exact) mass is 291 g/mol. The van der Waals surface area contributed by atoms with Gasteiger partial charge in [0.05, 0.1) is 19.2 Å². The van der Waals surface area contributed by atoms with E-state index in [1.165, 1.54) is 11.3 Å². The number of anilines is 1. The van der Waals surface area contributed by atoms with Gasteiger partial charge in [-0.15, -0.1) is 11.3 Å². The van der Waals surface area contributed by atoms with Gasteiger partial charge in [-0.25, -0.2) is 4.98 Å². The molecule has 0 radical (unpaired) electrons. The zero-order valence-corrected chi connectivity index (χ0v) is 12.1. The van der Waals surface area contributed by atoms with Crippen LogP contribution in [0.1, 0.15) is 11.3 Å². The topological polar surface area (TPSA) is 77.2 Å². The van der Waals surface area contributed by atoms with Crippen LogP contribution in [0.15, 0.2) is 29.6 Å². The first kappa shape index (κ1) is 14.3. The van der Waals surface area contributed by atoms with Crippen molar-refractivity contribution in [3.05, 3.63) is 40.9 Å². The zero-order valence-electron chi connectivity index (χ0n) is 11.3. The second-order valence-corrected chi connectivity index (χ2v) is 5.20. The quantitative estimate of drug-likeness (QED) is 0.848. The summed E-state index contributed by atoms with van der Waals surface area (Å²) in [6.45, 7) is 0.561. The maximum atomic E-state index is 11.8. The smallest absolute Gasteiger partial charge is 0.224 e. The van der Waals surface area contributed by atoms with E-state index in [-0.39, 0.29) is 5.91 Å². The molecule has 106 valence electrons. The van der Waals surface area contributed by atoms with Crippen molar-refractivity contribution in [3.63, 3.8) is 0 Å². The molecule has 0 fully saturated rings. The van der Waals surface area contributed by atoms with Gasteiger partial charge in [0.15, 0.2) is 5.13 Å². The predicted octanol–water partition coefficient (Wildman–Crippen LogP) is 1.64. The van der Waals surface area contributed by atoms with Crippen molar-refractivity contribution < 1.29 is 9.53 Å². The van der Waals surface area contributed by atoms with Gasteiger partial charge >= 0.3 is 0 Å². The fourth-order valence-corrected chi connectivity index (χ4v) is 2.40. The Morgan fingerprint density at radius 3 is 3.05 bits per heavy atom. The fraction of sp³-hybridized carbons (Fsp3) is 0.286. The number of amides is 1. The molecular formula is C14H17N3O2S. The van der Waals surface area contributed by atoms with Crippen molar-refractivity contribution in [2.45, 2.75) is 12.8 Å². The van der Waals surface area contributed by atoms with Gasteiger partial charge < -0.3 is 15.8 Å². The standard InChI is InChI=1S/C14H17N3O2S/c1-19-12-4-2-3-10(7-12)8-13(18)16-6-5-11-9-20-14(15)17-11/h2-4,7,9H,5-6,8H2,1H3,(H2,15,17)(H,16,18). The second-order valence-electron chi connectivity index (χ2n) is 4.31. The van der Waals surface area contributed by atoms with Crippen LogP contribution in [0.25, 0.3) is 0 Å². The van der Waals surface area contributed by atoms with Gasteiger partial charge in [0, 0.05) is 18.3 Å². The number of rotatable bonds is 6. The molecule has 1 heterocycles. The molecule has 5 nitrogen and oxygen atoms in total. The first-order valence-corrected chi connectivity index (χ1v) is 7.15. The molecule has 2 rings (SSSR count). The number of thiazole rings is 1. The van der Waals surface area contributed by atoms with Crippen LogP contribution in [0.5, 0.6) is 5.75 Å². The number of methoxy groups -OCH3 is 1. The van der Waals surface area contributed by atoms with E-state index in [2.05, 4.69) is 10.3 Å². The molecule has 1 amide bonds. The molecular weight excluding hydrogens is 274 g/mol. The van der Waals surface area contributed by atoms with Crippen LogP contribution in [0.2, 0.25) is 0 Å². The Balaban J connectivity index is 1.77. The number of ether oxygens (including phenoxy) is 1. The van der Waals surface area contributed by atoms with Crippen LogP contribution in [0.3, 0.4) is 0 Å². The number of nitrogens with zero attached hydrogens (tertiary/aromatic N) is 1. The van der Waals surface area contributed by atoms with Gasteiger partial charge in [-0.05, 0) is 17.7 Å². The lowest BCUT2D eigenvalue weighted by Gasteiger charge is -2.06. The Bertz CT molecular complexity index is 583. The van der Waals surface area contributed by atoms with E-state index >= 15 is 0 Å². The number of carbonyl (C=O) groups excluding carboxylic acids is 1. The normalized spacial score (nSPS) is 10.2. The van der Waals surface area contributed by atoms with Crippen molar-refractivity contribution >= 4 is 22.4 Å². The van der Waals surface area contributed by atoms with Crippen LogP contribution in [0, 0.1) is 0 Å². The van der Waals surface area contributed by atoms with Crippen molar-refractivity contribution in [1.82, 2.24) is 10.3 Å². The summed E-state index contributed by atoms with van der Waals surface area (Å²) in [5.74, 6) is 0.745. The Labute approximate surface area is 121 Å². The SMILES string of the molecule is COc1cccc(CC(=O)NCCc2csc(N)n2)c1. The number of nitrogens with two attached hydrogens (primary N) is 1. The van der Waals surface area contributed by atoms with Gasteiger partial charge in [-0.3, -0.25) is 4.79 Å². The molecule has 1 aromatic carbocycles. The summed E-state index contributed by atoms with van der Waals surface area (Å²) >= 11 is 1.41. The van der Waals surface area contributed by atoms with Crippen LogP contribution in [0.4, 0.5) is 5.13 Å². The first-order valence-electron chi connectivity index (χ1n) is 6.27. The number of nitrogens with one attached hydrogen (secondary N) is 1. The molecule has 0 aliphatic heterocycles. The Hall–Kier alpha value is -2.08. The molecule has 0 aliphatic carbocycles. The average molecular weight is 291 g/mol. The molecule has 0 atom stereocenters. The lowest BCUT2D eigenvalue weighted by Crippen LogP contribution is -2.27. The van der Waals surface area contributed by atoms with Crippen LogP contribution >= 0.6 is 11.3 Å². The van der Waals surface area contributed by atoms with E-state index in [0.717, 1.165) is 17.0 Å². The summed E-state index contributed by atoms with van der Waals surface area (Å²) in [6, 6.07) is 7.50. The molecule has 0 saturated carbocycles. The highest BCUT2D eigenvalue weighted by atomic mass is 32.1. The second kappa shape index (κ2) is 6.91. The van der Waals surface area contributed by atoms with E-state index in [1.54, 1.807) is 7.11 Å². The minimum absolute atomic E-state index is 0.0125. The Kier molecular flexibility index (Phi) is 4.95. The third kappa shape index (κ3) is 4.24. The number of nitrogen functional groups attached to an aromatic ring is 1. The van der Waals surface area contributed by atoms with Gasteiger partial charge in [-0.1, -0.05) is 12.1 Å². The highest BCUT2D eigenvalue weighted by Gasteiger charge is 2.05. The van der Waals surface area contributed by atoms with E-state index in [4.69, 9.17) is 10.5 Å². The minimum Gasteiger partial charge on any atom is -0.497 e. The Morgan fingerprint density at radius 2 is 2.35 bits per heavy atom. The molecule has 0 spiro atoms. The predicted molar refractivity (Wildman–Crippen MR) is 79.9 cm³/mol. The third-order valence-corrected chi connectivity index (χ3v) is 3.49. The van der Waals surface area contributed by atoms with Crippen LogP contribution < -0.4 is 15.8 Å². The maximum absolute atomic E-state index is 11.8. The van der Waals surface area contributed by atoms with Crippen molar-refractivity contribution in [3.8, 4) is 5.75 Å². The summed E-state index contributed by atoms with van der Waals surface area (Å²) in [7, 11) is 1.61. The van der Waals surface area contributed by atoms with E-state index in [0.29, 0.717) is 24.5 Å². The van der Waals surface area contributed by atoms with Crippen molar-refractivity contribution in [1.29, 1.82) is 0 Å². The fourth-order valence-electron chi connectivity index (χ4n) is 1.80. The highest BCUT2D eigenvalue weighted by Crippen LogP contribution is 2.13. The van der Waals surface area contributed by atoms with Crippen molar-refractivity contribution in [2.24, 2.45) is 0 Å². The first-order chi connectivity index (χ1) is 9.67. The highest BCUT2D eigenvalue weighted by molar-refractivity contribution is 7.13. The molecule has 3 N–H and O–H groups in total. The minimum atomic E-state index is -0.0125. The molecule has 20 heavy (non-hydrogen) atoms. The average Bonchev–Trinajstić information content (AvgIpc) is 2.84. The van der Waals surface area contributed by atoms with Crippen molar-refractivity contribution in [2.75, 3.05) is 19.4 Å². The third-order valence-electron chi connectivity index (χ3n) is 2.77. The number of carbonyl (C=O) groups is 1. The Morgan fingerprint density at radius 1 is 1.50 bits per heavy atom. The number of hydrogen-bond donors (Lipinski definition) is 2. The number of benzene rings is 1. The summed E-state index contributed by atoms with van der Waals surface area (Å²) < 4.78 is 5.13. The van der Waals surface area contributed by atoms with E-state index < -0.39 is 0 Å². The molecule has 0 bridgehead atoms. The summed E-state index contributed by atoms with van der Waals surface area (Å²) in [5.41, 5.74) is 7.39. The lowest BCUT2D eigenvalue weighted by molar-refractivity contribution is -0.120. The van der Waals surface area contributed by atoms with E-state index in [9.17, 15) is 4.79 Å². The van der Waals surface area contributed by atoms with Crippen LogP contribution in [-0.2, 0) is 17.6 Å². The van der Waals surface area contributed by atoms with Gasteiger partial charge in [0.2, 0.25) is 5.91 Å².